The summed E-state index contributed by atoms with van der Waals surface area (Å²) in [5, 5.41) is 12.9. The third-order valence-corrected chi connectivity index (χ3v) is 5.10. The third-order valence-electron chi connectivity index (χ3n) is 4.61. The number of nitrogens with zero attached hydrogens (tertiary/aromatic N) is 1. The highest BCUT2D eigenvalue weighted by molar-refractivity contribution is 9.10. The SMILES string of the molecule is O=C1N=c2ccccc2=C1c1cc(-c2c[nH]c3ccc(Br)cc23)[nH]c1O. The Balaban J connectivity index is 1.74. The van der Waals surface area contributed by atoms with Crippen LogP contribution in [0.2, 0.25) is 0 Å². The Morgan fingerprint density at radius 1 is 1.04 bits per heavy atom. The van der Waals surface area contributed by atoms with E-state index >= 15 is 0 Å². The van der Waals surface area contributed by atoms with Gasteiger partial charge in [0, 0.05) is 32.4 Å². The van der Waals surface area contributed by atoms with Gasteiger partial charge in [0.05, 0.1) is 22.2 Å². The topological polar surface area (TPSA) is 81.2 Å². The minimum atomic E-state index is -0.339. The lowest BCUT2D eigenvalue weighted by molar-refractivity contribution is -0.112. The molecule has 3 heterocycles. The predicted molar refractivity (Wildman–Crippen MR) is 102 cm³/mol. The third kappa shape index (κ3) is 2.16. The molecule has 1 aliphatic heterocycles. The van der Waals surface area contributed by atoms with E-state index in [2.05, 4.69) is 30.9 Å². The first kappa shape index (κ1) is 15.2. The zero-order valence-electron chi connectivity index (χ0n) is 13.4. The number of para-hydroxylation sites is 1. The van der Waals surface area contributed by atoms with Gasteiger partial charge < -0.3 is 15.1 Å². The van der Waals surface area contributed by atoms with Gasteiger partial charge in [-0.3, -0.25) is 4.79 Å². The second-order valence-corrected chi connectivity index (χ2v) is 7.06. The Morgan fingerprint density at radius 2 is 1.88 bits per heavy atom. The van der Waals surface area contributed by atoms with Gasteiger partial charge in [-0.15, -0.1) is 0 Å². The van der Waals surface area contributed by atoms with E-state index in [1.54, 1.807) is 12.1 Å². The van der Waals surface area contributed by atoms with Gasteiger partial charge in [0.1, 0.15) is 0 Å². The minimum absolute atomic E-state index is 0.0420. The number of hydrogen-bond acceptors (Lipinski definition) is 2. The van der Waals surface area contributed by atoms with Crippen LogP contribution in [0.3, 0.4) is 0 Å². The molecule has 0 fully saturated rings. The van der Waals surface area contributed by atoms with Crippen LogP contribution in [0.15, 0.2) is 64.2 Å². The molecular formula is C20H12BrN3O2. The van der Waals surface area contributed by atoms with Gasteiger partial charge in [0.15, 0.2) is 5.88 Å². The fraction of sp³-hybridized carbons (Fsp3) is 0. The largest absolute Gasteiger partial charge is 0.494 e. The van der Waals surface area contributed by atoms with Crippen LogP contribution in [0.25, 0.3) is 27.7 Å². The fourth-order valence-corrected chi connectivity index (χ4v) is 3.78. The number of aromatic nitrogens is 2. The molecule has 1 aliphatic rings. The summed E-state index contributed by atoms with van der Waals surface area (Å²) in [7, 11) is 0. The van der Waals surface area contributed by atoms with Crippen molar-refractivity contribution >= 4 is 38.3 Å². The number of carbonyl (C=O) groups excluding carboxylic acids is 1. The second kappa shape index (κ2) is 5.44. The van der Waals surface area contributed by atoms with Crippen molar-refractivity contribution in [1.82, 2.24) is 9.97 Å². The van der Waals surface area contributed by atoms with Gasteiger partial charge in [-0.2, -0.15) is 0 Å². The molecule has 5 rings (SSSR count). The van der Waals surface area contributed by atoms with Crippen molar-refractivity contribution in [3.8, 4) is 17.1 Å². The van der Waals surface area contributed by atoms with Crippen LogP contribution < -0.4 is 10.6 Å². The molecule has 5 nitrogen and oxygen atoms in total. The Bertz CT molecular complexity index is 1330. The maximum Gasteiger partial charge on any atom is 0.279 e. The van der Waals surface area contributed by atoms with Crippen LogP contribution >= 0.6 is 15.9 Å². The number of benzene rings is 2. The van der Waals surface area contributed by atoms with E-state index in [0.29, 0.717) is 16.5 Å². The molecule has 0 unspecified atom stereocenters. The van der Waals surface area contributed by atoms with E-state index in [1.165, 1.54) is 0 Å². The van der Waals surface area contributed by atoms with Crippen molar-refractivity contribution in [2.24, 2.45) is 4.99 Å². The maximum absolute atomic E-state index is 12.4. The quantitative estimate of drug-likeness (QED) is 0.479. The average Bonchev–Trinajstić information content (AvgIpc) is 3.28. The summed E-state index contributed by atoms with van der Waals surface area (Å²) in [6.45, 7) is 0. The van der Waals surface area contributed by atoms with E-state index in [0.717, 1.165) is 31.9 Å². The molecule has 0 radical (unpaired) electrons. The Hall–Kier alpha value is -3.12. The van der Waals surface area contributed by atoms with Crippen LogP contribution in [0.1, 0.15) is 5.56 Å². The molecule has 0 bridgehead atoms. The highest BCUT2D eigenvalue weighted by Crippen LogP contribution is 2.35. The van der Waals surface area contributed by atoms with Crippen molar-refractivity contribution < 1.29 is 9.90 Å². The number of H-pyrrole nitrogens is 2. The number of aromatic amines is 2. The van der Waals surface area contributed by atoms with E-state index in [9.17, 15) is 9.90 Å². The first-order chi connectivity index (χ1) is 12.6. The standard InChI is InChI=1S/C20H12BrN3O2/c21-10-5-6-15-12(7-10)14(9-22-15)17-8-13(19(25)24-17)18-11-3-1-2-4-16(11)23-20(18)26/h1-9,22,24-25H. The summed E-state index contributed by atoms with van der Waals surface area (Å²) in [6.07, 6.45) is 1.88. The average molecular weight is 406 g/mol. The Labute approximate surface area is 155 Å². The van der Waals surface area contributed by atoms with Crippen LogP contribution in [0, 0.1) is 0 Å². The monoisotopic (exact) mass is 405 g/mol. The molecule has 2 aromatic carbocycles. The minimum Gasteiger partial charge on any atom is -0.494 e. The van der Waals surface area contributed by atoms with E-state index in [4.69, 9.17) is 0 Å². The first-order valence-electron chi connectivity index (χ1n) is 8.03. The van der Waals surface area contributed by atoms with E-state index < -0.39 is 0 Å². The number of aromatic hydroxyl groups is 1. The number of fused-ring (bicyclic) bond motifs is 2. The van der Waals surface area contributed by atoms with E-state index in [1.807, 2.05) is 42.6 Å². The van der Waals surface area contributed by atoms with Crippen LogP contribution in [0.4, 0.5) is 0 Å². The van der Waals surface area contributed by atoms with Gasteiger partial charge in [-0.1, -0.05) is 34.1 Å². The molecule has 0 atom stereocenters. The molecule has 2 aromatic heterocycles. The lowest BCUT2D eigenvalue weighted by Gasteiger charge is -1.97. The number of carbonyl (C=O) groups is 1. The summed E-state index contributed by atoms with van der Waals surface area (Å²) in [5.41, 5.74) is 3.51. The summed E-state index contributed by atoms with van der Waals surface area (Å²) < 4.78 is 0.968. The highest BCUT2D eigenvalue weighted by Gasteiger charge is 2.23. The van der Waals surface area contributed by atoms with Gasteiger partial charge >= 0.3 is 0 Å². The number of nitrogens with one attached hydrogen (secondary N) is 2. The van der Waals surface area contributed by atoms with Crippen molar-refractivity contribution in [2.45, 2.75) is 0 Å². The van der Waals surface area contributed by atoms with Crippen molar-refractivity contribution in [3.63, 3.8) is 0 Å². The molecule has 1 amide bonds. The number of amides is 1. The molecule has 0 aliphatic carbocycles. The maximum atomic E-state index is 12.4. The number of hydrogen-bond donors (Lipinski definition) is 3. The first-order valence-corrected chi connectivity index (χ1v) is 8.83. The van der Waals surface area contributed by atoms with Gasteiger partial charge in [0.25, 0.3) is 5.91 Å². The normalized spacial score (nSPS) is 13.3. The number of rotatable bonds is 2. The summed E-state index contributed by atoms with van der Waals surface area (Å²) in [4.78, 5) is 22.7. The summed E-state index contributed by atoms with van der Waals surface area (Å²) in [6, 6.07) is 15.1. The zero-order chi connectivity index (χ0) is 17.8. The van der Waals surface area contributed by atoms with Crippen molar-refractivity contribution in [1.29, 1.82) is 0 Å². The smallest absolute Gasteiger partial charge is 0.279 e. The zero-order valence-corrected chi connectivity index (χ0v) is 15.0. The highest BCUT2D eigenvalue weighted by atomic mass is 79.9. The summed E-state index contributed by atoms with van der Waals surface area (Å²) >= 11 is 3.49. The van der Waals surface area contributed by atoms with Crippen molar-refractivity contribution in [3.05, 3.63) is 75.3 Å². The van der Waals surface area contributed by atoms with Crippen molar-refractivity contribution in [2.75, 3.05) is 0 Å². The lowest BCUT2D eigenvalue weighted by atomic mass is 10.0. The molecule has 0 spiro atoms. The second-order valence-electron chi connectivity index (χ2n) is 6.15. The van der Waals surface area contributed by atoms with Gasteiger partial charge in [-0.25, -0.2) is 4.99 Å². The van der Waals surface area contributed by atoms with E-state index in [-0.39, 0.29) is 11.8 Å². The molecular weight excluding hydrogens is 394 g/mol. The summed E-state index contributed by atoms with van der Waals surface area (Å²) in [5.74, 6) is -0.381. The molecule has 3 N–H and O–H groups in total. The van der Waals surface area contributed by atoms with Crippen LogP contribution in [0.5, 0.6) is 5.88 Å². The molecule has 0 saturated carbocycles. The molecule has 4 aromatic rings. The lowest BCUT2D eigenvalue weighted by Crippen LogP contribution is -2.22. The molecule has 0 saturated heterocycles. The van der Waals surface area contributed by atoms with Crippen LogP contribution in [-0.2, 0) is 4.79 Å². The number of halogens is 1. The predicted octanol–water partition coefficient (Wildman–Crippen LogP) is 2.99. The molecule has 26 heavy (non-hydrogen) atoms. The van der Waals surface area contributed by atoms with Gasteiger partial charge in [-0.05, 0) is 30.3 Å². The Morgan fingerprint density at radius 3 is 2.77 bits per heavy atom. The molecule has 126 valence electrons. The molecule has 6 heteroatoms. The van der Waals surface area contributed by atoms with Gasteiger partial charge in [0.2, 0.25) is 0 Å². The Kier molecular flexibility index (Phi) is 3.17. The van der Waals surface area contributed by atoms with Crippen LogP contribution in [-0.4, -0.2) is 21.0 Å². The fourth-order valence-electron chi connectivity index (χ4n) is 3.42.